The maximum Gasteiger partial charge on any atom is 0.255 e. The van der Waals surface area contributed by atoms with Crippen molar-refractivity contribution in [2.45, 2.75) is 13.5 Å². The van der Waals surface area contributed by atoms with Crippen LogP contribution in [0.1, 0.15) is 21.0 Å². The number of hydrogen-bond acceptors (Lipinski definition) is 4. The van der Waals surface area contributed by atoms with Gasteiger partial charge in [0.25, 0.3) is 5.91 Å². The van der Waals surface area contributed by atoms with Gasteiger partial charge < -0.3 is 15.5 Å². The summed E-state index contributed by atoms with van der Waals surface area (Å²) in [4.78, 5) is 13.6. The lowest BCUT2D eigenvalue weighted by Crippen LogP contribution is -2.23. The first-order valence-corrected chi connectivity index (χ1v) is 7.73. The number of benzene rings is 1. The zero-order chi connectivity index (χ0) is 15.5. The molecule has 0 saturated heterocycles. The number of carbonyl (C=O) groups excluding carboxylic acids is 1. The van der Waals surface area contributed by atoms with Gasteiger partial charge in [0, 0.05) is 10.4 Å². The van der Waals surface area contributed by atoms with Gasteiger partial charge in [-0.2, -0.15) is 0 Å². The Morgan fingerprint density at radius 3 is 2.68 bits per heavy atom. The van der Waals surface area contributed by atoms with Crippen LogP contribution in [0.25, 0.3) is 11.1 Å². The van der Waals surface area contributed by atoms with E-state index in [1.165, 1.54) is 11.3 Å². The lowest BCUT2D eigenvalue weighted by atomic mass is 10.0. The Balaban J connectivity index is 1.91. The molecule has 3 rings (SSSR count). The van der Waals surface area contributed by atoms with Crippen molar-refractivity contribution in [3.63, 3.8) is 0 Å². The summed E-state index contributed by atoms with van der Waals surface area (Å²) in [6.45, 7) is 2.32. The molecule has 0 radical (unpaired) electrons. The molecule has 0 fully saturated rings. The second kappa shape index (κ2) is 6.07. The van der Waals surface area contributed by atoms with Gasteiger partial charge in [-0.1, -0.05) is 30.3 Å². The average Bonchev–Trinajstić information content (AvgIpc) is 3.13. The molecule has 0 bridgehead atoms. The van der Waals surface area contributed by atoms with Crippen molar-refractivity contribution in [1.29, 1.82) is 0 Å². The Hall–Kier alpha value is -2.53. The highest BCUT2D eigenvalue weighted by atomic mass is 32.1. The highest BCUT2D eigenvalue weighted by Crippen LogP contribution is 2.37. The standard InChI is InChI=1S/C17H16N2O2S/c1-11-14(12-6-3-2-4-7-12)15(16(18)22-11)17(20)19-10-13-8-5-9-21-13/h2-9H,10,18H2,1H3,(H,19,20). The number of rotatable bonds is 4. The van der Waals surface area contributed by atoms with Gasteiger partial charge in [0.05, 0.1) is 23.4 Å². The zero-order valence-electron chi connectivity index (χ0n) is 12.1. The molecular formula is C17H16N2O2S. The van der Waals surface area contributed by atoms with Gasteiger partial charge in [-0.3, -0.25) is 4.79 Å². The van der Waals surface area contributed by atoms with Crippen LogP contribution in [0.2, 0.25) is 0 Å². The fraction of sp³-hybridized carbons (Fsp3) is 0.118. The number of nitrogens with one attached hydrogen (secondary N) is 1. The van der Waals surface area contributed by atoms with Crippen molar-refractivity contribution in [3.8, 4) is 11.1 Å². The van der Waals surface area contributed by atoms with Gasteiger partial charge >= 0.3 is 0 Å². The van der Waals surface area contributed by atoms with Crippen LogP contribution in [-0.4, -0.2) is 5.91 Å². The monoisotopic (exact) mass is 312 g/mol. The molecule has 1 aromatic carbocycles. The van der Waals surface area contributed by atoms with Crippen molar-refractivity contribution in [3.05, 3.63) is 64.9 Å². The maximum absolute atomic E-state index is 12.5. The number of hydrogen-bond donors (Lipinski definition) is 2. The minimum atomic E-state index is -0.183. The molecule has 0 aliphatic carbocycles. The third-order valence-corrected chi connectivity index (χ3v) is 4.34. The predicted octanol–water partition coefficient (Wildman–Crippen LogP) is 3.83. The Labute approximate surface area is 132 Å². The summed E-state index contributed by atoms with van der Waals surface area (Å²) in [6.07, 6.45) is 1.58. The number of furan rings is 1. The summed E-state index contributed by atoms with van der Waals surface area (Å²) in [5.41, 5.74) is 8.50. The number of nitrogen functional groups attached to an aromatic ring is 1. The van der Waals surface area contributed by atoms with E-state index in [-0.39, 0.29) is 5.91 Å². The van der Waals surface area contributed by atoms with Crippen LogP contribution in [0, 0.1) is 6.92 Å². The summed E-state index contributed by atoms with van der Waals surface area (Å²) in [5, 5.41) is 3.40. The SMILES string of the molecule is Cc1sc(N)c(C(=O)NCc2ccco2)c1-c1ccccc1. The second-order valence-corrected chi connectivity index (χ2v) is 6.16. The zero-order valence-corrected chi connectivity index (χ0v) is 12.9. The summed E-state index contributed by atoms with van der Waals surface area (Å²) < 4.78 is 5.23. The first kappa shape index (κ1) is 14.4. The molecule has 0 atom stereocenters. The Kier molecular flexibility index (Phi) is 3.98. The average molecular weight is 312 g/mol. The number of aryl methyl sites for hydroxylation is 1. The van der Waals surface area contributed by atoms with Crippen LogP contribution < -0.4 is 11.1 Å². The van der Waals surface area contributed by atoms with Gasteiger partial charge in [-0.15, -0.1) is 11.3 Å². The number of carbonyl (C=O) groups is 1. The Morgan fingerprint density at radius 1 is 1.23 bits per heavy atom. The Morgan fingerprint density at radius 2 is 2.00 bits per heavy atom. The minimum absolute atomic E-state index is 0.183. The highest BCUT2D eigenvalue weighted by molar-refractivity contribution is 7.16. The summed E-state index contributed by atoms with van der Waals surface area (Å²) >= 11 is 1.44. The lowest BCUT2D eigenvalue weighted by molar-refractivity contribution is 0.0950. The van der Waals surface area contributed by atoms with Crippen LogP contribution >= 0.6 is 11.3 Å². The minimum Gasteiger partial charge on any atom is -0.467 e. The Bertz CT molecular complexity index is 777. The molecule has 0 aliphatic rings. The molecule has 0 unspecified atom stereocenters. The predicted molar refractivity (Wildman–Crippen MR) is 88.8 cm³/mol. The third-order valence-electron chi connectivity index (χ3n) is 3.40. The van der Waals surface area contributed by atoms with Crippen molar-refractivity contribution < 1.29 is 9.21 Å². The first-order chi connectivity index (χ1) is 10.7. The van der Waals surface area contributed by atoms with Crippen LogP contribution in [0.4, 0.5) is 5.00 Å². The maximum atomic E-state index is 12.5. The second-order valence-electron chi connectivity index (χ2n) is 4.90. The molecular weight excluding hydrogens is 296 g/mol. The van der Waals surface area contributed by atoms with Crippen LogP contribution in [0.5, 0.6) is 0 Å². The number of thiophene rings is 1. The molecule has 0 spiro atoms. The fourth-order valence-electron chi connectivity index (χ4n) is 2.41. The van der Waals surface area contributed by atoms with E-state index in [2.05, 4.69) is 5.32 Å². The van der Waals surface area contributed by atoms with Crippen LogP contribution in [-0.2, 0) is 6.54 Å². The largest absolute Gasteiger partial charge is 0.467 e. The van der Waals surface area contributed by atoms with E-state index >= 15 is 0 Å². The molecule has 1 amide bonds. The van der Waals surface area contributed by atoms with E-state index in [1.807, 2.05) is 43.3 Å². The topological polar surface area (TPSA) is 68.3 Å². The van der Waals surface area contributed by atoms with Crippen molar-refractivity contribution >= 4 is 22.2 Å². The molecule has 22 heavy (non-hydrogen) atoms. The molecule has 3 aromatic rings. The molecule has 0 aliphatic heterocycles. The van der Waals surface area contributed by atoms with E-state index in [9.17, 15) is 4.79 Å². The molecule has 3 N–H and O–H groups in total. The molecule has 112 valence electrons. The van der Waals surface area contributed by atoms with E-state index in [0.29, 0.717) is 22.9 Å². The molecule has 2 heterocycles. The lowest BCUT2D eigenvalue weighted by Gasteiger charge is -2.07. The van der Waals surface area contributed by atoms with Gasteiger partial charge in [0.15, 0.2) is 0 Å². The van der Waals surface area contributed by atoms with Gasteiger partial charge in [0.1, 0.15) is 5.76 Å². The first-order valence-electron chi connectivity index (χ1n) is 6.91. The van der Waals surface area contributed by atoms with Gasteiger partial charge in [0.2, 0.25) is 0 Å². The smallest absolute Gasteiger partial charge is 0.255 e. The summed E-state index contributed by atoms with van der Waals surface area (Å²) in [7, 11) is 0. The summed E-state index contributed by atoms with van der Waals surface area (Å²) in [6, 6.07) is 13.4. The normalized spacial score (nSPS) is 10.6. The fourth-order valence-corrected chi connectivity index (χ4v) is 3.36. The van der Waals surface area contributed by atoms with E-state index in [0.717, 1.165) is 16.0 Å². The van der Waals surface area contributed by atoms with Crippen molar-refractivity contribution in [1.82, 2.24) is 5.32 Å². The number of amides is 1. The highest BCUT2D eigenvalue weighted by Gasteiger charge is 2.21. The summed E-state index contributed by atoms with van der Waals surface area (Å²) in [5.74, 6) is 0.525. The van der Waals surface area contributed by atoms with E-state index in [1.54, 1.807) is 12.3 Å². The van der Waals surface area contributed by atoms with E-state index in [4.69, 9.17) is 10.2 Å². The van der Waals surface area contributed by atoms with Crippen molar-refractivity contribution in [2.24, 2.45) is 0 Å². The molecule has 0 saturated carbocycles. The molecule has 2 aromatic heterocycles. The van der Waals surface area contributed by atoms with Gasteiger partial charge in [-0.05, 0) is 24.6 Å². The third kappa shape index (κ3) is 2.76. The van der Waals surface area contributed by atoms with Crippen LogP contribution in [0.15, 0.2) is 53.1 Å². The van der Waals surface area contributed by atoms with E-state index < -0.39 is 0 Å². The quantitative estimate of drug-likeness (QED) is 0.769. The number of anilines is 1. The van der Waals surface area contributed by atoms with Crippen LogP contribution in [0.3, 0.4) is 0 Å². The molecule has 5 heteroatoms. The van der Waals surface area contributed by atoms with Crippen molar-refractivity contribution in [2.75, 3.05) is 5.73 Å². The molecule has 4 nitrogen and oxygen atoms in total. The van der Waals surface area contributed by atoms with Gasteiger partial charge in [-0.25, -0.2) is 0 Å². The number of nitrogens with two attached hydrogens (primary N) is 1.